The lowest BCUT2D eigenvalue weighted by Crippen LogP contribution is -2.15. The topological polar surface area (TPSA) is 83.6 Å². The molecular formula is C8H4BrF2N5O. The third-order valence-electron chi connectivity index (χ3n) is 1.81. The van der Waals surface area contributed by atoms with Gasteiger partial charge in [0.25, 0.3) is 11.7 Å². The third-order valence-corrected chi connectivity index (χ3v) is 2.41. The number of aromatic amines is 1. The van der Waals surface area contributed by atoms with Gasteiger partial charge < -0.3 is 5.32 Å². The minimum Gasteiger partial charge on any atom is -0.317 e. The highest BCUT2D eigenvalue weighted by atomic mass is 79.9. The number of H-pyrrole nitrogens is 1. The van der Waals surface area contributed by atoms with Crippen LogP contribution in [0.15, 0.2) is 16.6 Å². The molecule has 9 heteroatoms. The summed E-state index contributed by atoms with van der Waals surface area (Å²) in [6, 6.07) is 1.75. The van der Waals surface area contributed by atoms with Crippen molar-refractivity contribution in [2.75, 3.05) is 5.32 Å². The van der Waals surface area contributed by atoms with Gasteiger partial charge in [0, 0.05) is 6.07 Å². The Bertz CT molecular complexity index is 559. The molecule has 0 aliphatic rings. The molecular weight excluding hydrogens is 300 g/mol. The van der Waals surface area contributed by atoms with Crippen molar-refractivity contribution < 1.29 is 13.6 Å². The normalized spacial score (nSPS) is 10.3. The zero-order chi connectivity index (χ0) is 12.4. The van der Waals surface area contributed by atoms with Gasteiger partial charge in [-0.3, -0.25) is 4.79 Å². The number of benzene rings is 1. The van der Waals surface area contributed by atoms with Gasteiger partial charge in [0.05, 0.1) is 10.2 Å². The van der Waals surface area contributed by atoms with E-state index in [1.54, 1.807) is 0 Å². The van der Waals surface area contributed by atoms with Gasteiger partial charge >= 0.3 is 0 Å². The maximum Gasteiger partial charge on any atom is 0.297 e. The number of carbonyl (C=O) groups is 1. The van der Waals surface area contributed by atoms with Gasteiger partial charge in [-0.25, -0.2) is 8.78 Å². The van der Waals surface area contributed by atoms with E-state index in [4.69, 9.17) is 0 Å². The van der Waals surface area contributed by atoms with E-state index in [1.807, 2.05) is 0 Å². The quantitative estimate of drug-likeness (QED) is 0.823. The van der Waals surface area contributed by atoms with Crippen LogP contribution in [0.5, 0.6) is 0 Å². The van der Waals surface area contributed by atoms with E-state index >= 15 is 0 Å². The highest BCUT2D eigenvalue weighted by molar-refractivity contribution is 9.10. The molecule has 2 aromatic rings. The van der Waals surface area contributed by atoms with Gasteiger partial charge in [-0.05, 0) is 27.2 Å². The summed E-state index contributed by atoms with van der Waals surface area (Å²) in [6.45, 7) is 0. The number of amides is 1. The molecule has 1 heterocycles. The summed E-state index contributed by atoms with van der Waals surface area (Å²) >= 11 is 2.88. The highest BCUT2D eigenvalue weighted by Crippen LogP contribution is 2.23. The SMILES string of the molecule is O=C(Nc1cc(Br)c(F)cc1F)c1nn[nH]n1. The molecule has 0 aliphatic heterocycles. The Balaban J connectivity index is 2.25. The summed E-state index contributed by atoms with van der Waals surface area (Å²) in [7, 11) is 0. The molecule has 1 amide bonds. The standard InChI is InChI=1S/C8H4BrF2N5O/c9-3-1-6(5(11)2-4(3)10)12-8(17)7-13-15-16-14-7/h1-2H,(H,12,17)(H,13,14,15,16). The minimum atomic E-state index is -0.900. The molecule has 0 bridgehead atoms. The van der Waals surface area contributed by atoms with E-state index in [1.165, 1.54) is 0 Å². The molecule has 2 rings (SSSR count). The molecule has 17 heavy (non-hydrogen) atoms. The Hall–Kier alpha value is -1.90. The largest absolute Gasteiger partial charge is 0.317 e. The average Bonchev–Trinajstić information content (AvgIpc) is 2.79. The Morgan fingerprint density at radius 2 is 2.12 bits per heavy atom. The summed E-state index contributed by atoms with van der Waals surface area (Å²) in [5.41, 5.74) is -0.187. The van der Waals surface area contributed by atoms with Crippen molar-refractivity contribution in [3.8, 4) is 0 Å². The maximum absolute atomic E-state index is 13.3. The van der Waals surface area contributed by atoms with E-state index < -0.39 is 17.5 Å². The van der Waals surface area contributed by atoms with Crippen LogP contribution in [0.4, 0.5) is 14.5 Å². The molecule has 0 radical (unpaired) electrons. The van der Waals surface area contributed by atoms with Crippen LogP contribution in [-0.2, 0) is 0 Å². The van der Waals surface area contributed by atoms with Gasteiger partial charge in [0.15, 0.2) is 0 Å². The predicted octanol–water partition coefficient (Wildman–Crippen LogP) is 1.49. The lowest BCUT2D eigenvalue weighted by molar-refractivity contribution is 0.101. The fourth-order valence-corrected chi connectivity index (χ4v) is 1.40. The van der Waals surface area contributed by atoms with Gasteiger partial charge in [0.1, 0.15) is 11.6 Å². The van der Waals surface area contributed by atoms with Crippen LogP contribution in [0, 0.1) is 11.6 Å². The lowest BCUT2D eigenvalue weighted by atomic mass is 10.3. The molecule has 0 aliphatic carbocycles. The van der Waals surface area contributed by atoms with Gasteiger partial charge in [-0.1, -0.05) is 0 Å². The van der Waals surface area contributed by atoms with Crippen LogP contribution in [0.2, 0.25) is 0 Å². The summed E-state index contributed by atoms with van der Waals surface area (Å²) in [6.07, 6.45) is 0. The summed E-state index contributed by atoms with van der Waals surface area (Å²) in [4.78, 5) is 11.5. The summed E-state index contributed by atoms with van der Waals surface area (Å²) in [5.74, 6) is -2.66. The first-order chi connectivity index (χ1) is 8.08. The van der Waals surface area contributed by atoms with Crippen LogP contribution in [0.25, 0.3) is 0 Å². The fraction of sp³-hybridized carbons (Fsp3) is 0. The molecule has 0 atom stereocenters. The van der Waals surface area contributed by atoms with E-state index in [9.17, 15) is 13.6 Å². The predicted molar refractivity (Wildman–Crippen MR) is 56.2 cm³/mol. The maximum atomic E-state index is 13.3. The third kappa shape index (κ3) is 2.44. The highest BCUT2D eigenvalue weighted by Gasteiger charge is 2.15. The molecule has 0 unspecified atom stereocenters. The molecule has 1 aromatic carbocycles. The number of anilines is 1. The number of hydrogen-bond acceptors (Lipinski definition) is 4. The van der Waals surface area contributed by atoms with E-state index in [-0.39, 0.29) is 16.0 Å². The number of carbonyl (C=O) groups excluding carboxylic acids is 1. The first-order valence-corrected chi connectivity index (χ1v) is 5.06. The van der Waals surface area contributed by atoms with Crippen LogP contribution < -0.4 is 5.32 Å². The van der Waals surface area contributed by atoms with Crippen molar-refractivity contribution in [2.24, 2.45) is 0 Å². The number of nitrogens with zero attached hydrogens (tertiary/aromatic N) is 3. The van der Waals surface area contributed by atoms with Crippen LogP contribution >= 0.6 is 15.9 Å². The first-order valence-electron chi connectivity index (χ1n) is 4.27. The zero-order valence-corrected chi connectivity index (χ0v) is 9.62. The summed E-state index contributed by atoms with van der Waals surface area (Å²) < 4.78 is 26.3. The molecule has 0 saturated carbocycles. The molecule has 0 saturated heterocycles. The number of tetrazole rings is 1. The lowest BCUT2D eigenvalue weighted by Gasteiger charge is -2.05. The van der Waals surface area contributed by atoms with Gasteiger partial charge in [-0.2, -0.15) is 5.21 Å². The molecule has 1 aromatic heterocycles. The zero-order valence-electron chi connectivity index (χ0n) is 8.04. The van der Waals surface area contributed by atoms with Crippen LogP contribution in [-0.4, -0.2) is 26.5 Å². The van der Waals surface area contributed by atoms with Crippen molar-refractivity contribution >= 4 is 27.5 Å². The number of aromatic nitrogens is 4. The number of rotatable bonds is 2. The Kier molecular flexibility index (Phi) is 3.09. The Labute approximate surface area is 102 Å². The van der Waals surface area contributed by atoms with E-state index in [0.717, 1.165) is 6.07 Å². The number of nitrogens with one attached hydrogen (secondary N) is 2. The van der Waals surface area contributed by atoms with Crippen molar-refractivity contribution in [1.82, 2.24) is 20.6 Å². The van der Waals surface area contributed by atoms with Gasteiger partial charge in [-0.15, -0.1) is 10.2 Å². The molecule has 2 N–H and O–H groups in total. The van der Waals surface area contributed by atoms with Gasteiger partial charge in [0.2, 0.25) is 0 Å². The van der Waals surface area contributed by atoms with Crippen molar-refractivity contribution in [2.45, 2.75) is 0 Å². The molecule has 0 fully saturated rings. The minimum absolute atomic E-state index is 0.0299. The van der Waals surface area contributed by atoms with Crippen molar-refractivity contribution in [3.63, 3.8) is 0 Å². The van der Waals surface area contributed by atoms with Crippen LogP contribution in [0.1, 0.15) is 10.6 Å². The molecule has 6 nitrogen and oxygen atoms in total. The number of halogens is 3. The average molecular weight is 304 g/mol. The second-order valence-electron chi connectivity index (χ2n) is 2.94. The first kappa shape index (κ1) is 11.6. The van der Waals surface area contributed by atoms with Crippen molar-refractivity contribution in [1.29, 1.82) is 0 Å². The Morgan fingerprint density at radius 3 is 2.76 bits per heavy atom. The second-order valence-corrected chi connectivity index (χ2v) is 3.79. The second kappa shape index (κ2) is 4.53. The van der Waals surface area contributed by atoms with E-state index in [2.05, 4.69) is 41.9 Å². The number of hydrogen-bond donors (Lipinski definition) is 2. The smallest absolute Gasteiger partial charge is 0.297 e. The monoisotopic (exact) mass is 303 g/mol. The summed E-state index contributed by atoms with van der Waals surface area (Å²) in [5, 5.41) is 14.3. The molecule has 0 spiro atoms. The fourth-order valence-electron chi connectivity index (χ4n) is 1.05. The van der Waals surface area contributed by atoms with Crippen molar-refractivity contribution in [3.05, 3.63) is 34.1 Å². The Morgan fingerprint density at radius 1 is 1.35 bits per heavy atom. The van der Waals surface area contributed by atoms with Crippen LogP contribution in [0.3, 0.4) is 0 Å². The molecule has 88 valence electrons. The van der Waals surface area contributed by atoms with E-state index in [0.29, 0.717) is 6.07 Å².